The van der Waals surface area contributed by atoms with Crippen molar-refractivity contribution < 1.29 is 9.21 Å². The van der Waals surface area contributed by atoms with Gasteiger partial charge in [-0.3, -0.25) is 19.6 Å². The van der Waals surface area contributed by atoms with Crippen LogP contribution in [0.5, 0.6) is 0 Å². The molecule has 3 N–H and O–H groups in total. The van der Waals surface area contributed by atoms with Gasteiger partial charge in [-0.25, -0.2) is 10.8 Å². The quantitative estimate of drug-likeness (QED) is 0.423. The van der Waals surface area contributed by atoms with Gasteiger partial charge in [0.2, 0.25) is 0 Å². The lowest BCUT2D eigenvalue weighted by molar-refractivity contribution is 0.0924. The van der Waals surface area contributed by atoms with E-state index in [4.69, 9.17) is 10.3 Å². The van der Waals surface area contributed by atoms with E-state index in [0.717, 1.165) is 0 Å². The first-order chi connectivity index (χ1) is 8.22. The number of carbonyl (C=O) groups is 1. The number of hydrazine groups is 1. The first kappa shape index (κ1) is 11.1. The largest absolute Gasteiger partial charge is 0.459 e. The van der Waals surface area contributed by atoms with Crippen LogP contribution in [0.4, 0.5) is 0 Å². The molecular formula is C10H10N4O3. The summed E-state index contributed by atoms with van der Waals surface area (Å²) in [6.45, 7) is 0.200. The second-order valence-corrected chi connectivity index (χ2v) is 3.29. The second kappa shape index (κ2) is 4.62. The zero-order valence-corrected chi connectivity index (χ0v) is 8.79. The van der Waals surface area contributed by atoms with Crippen LogP contribution in [-0.2, 0) is 6.54 Å². The standard InChI is InChI=1S/C10H10N4O3/c11-13-10(16)9-7(2-4-17-9)5-14-6-12-3-1-8(14)15/h1-4,6H,5,11H2,(H,13,16). The van der Waals surface area contributed by atoms with Crippen LogP contribution in [0.3, 0.4) is 0 Å². The summed E-state index contributed by atoms with van der Waals surface area (Å²) in [6.07, 6.45) is 4.16. The molecule has 0 aliphatic carbocycles. The second-order valence-electron chi connectivity index (χ2n) is 3.29. The Morgan fingerprint density at radius 1 is 1.53 bits per heavy atom. The van der Waals surface area contributed by atoms with Gasteiger partial charge in [0.25, 0.3) is 5.56 Å². The number of hydrogen-bond acceptors (Lipinski definition) is 5. The fourth-order valence-corrected chi connectivity index (χ4v) is 1.41. The maximum absolute atomic E-state index is 11.5. The Bertz CT molecular complexity index is 587. The van der Waals surface area contributed by atoms with Gasteiger partial charge in [-0.05, 0) is 6.07 Å². The molecule has 2 heterocycles. The molecule has 2 aromatic rings. The molecule has 7 heteroatoms. The van der Waals surface area contributed by atoms with Gasteiger partial charge < -0.3 is 4.42 Å². The van der Waals surface area contributed by atoms with Gasteiger partial charge in [0.15, 0.2) is 5.76 Å². The van der Waals surface area contributed by atoms with Gasteiger partial charge in [-0.15, -0.1) is 0 Å². The number of nitrogens with two attached hydrogens (primary N) is 1. The number of furan rings is 1. The highest BCUT2D eigenvalue weighted by Gasteiger charge is 2.14. The highest BCUT2D eigenvalue weighted by Crippen LogP contribution is 2.10. The monoisotopic (exact) mass is 234 g/mol. The summed E-state index contributed by atoms with van der Waals surface area (Å²) in [4.78, 5) is 26.6. The molecule has 2 rings (SSSR count). The molecule has 0 unspecified atom stereocenters. The van der Waals surface area contributed by atoms with Gasteiger partial charge in [-0.1, -0.05) is 0 Å². The first-order valence-corrected chi connectivity index (χ1v) is 4.80. The van der Waals surface area contributed by atoms with Crippen molar-refractivity contribution in [1.29, 1.82) is 0 Å². The number of rotatable bonds is 3. The lowest BCUT2D eigenvalue weighted by atomic mass is 10.2. The molecule has 0 fully saturated rings. The predicted octanol–water partition coefficient (Wildman–Crippen LogP) is -0.512. The van der Waals surface area contributed by atoms with Gasteiger partial charge in [0, 0.05) is 17.8 Å². The molecule has 0 aliphatic heterocycles. The molecule has 0 saturated carbocycles. The summed E-state index contributed by atoms with van der Waals surface area (Å²) >= 11 is 0. The third-order valence-corrected chi connectivity index (χ3v) is 2.22. The molecule has 0 aromatic carbocycles. The van der Waals surface area contributed by atoms with E-state index >= 15 is 0 Å². The number of carbonyl (C=O) groups excluding carboxylic acids is 1. The average Bonchev–Trinajstić information content (AvgIpc) is 2.79. The number of nitrogens with one attached hydrogen (secondary N) is 1. The Hall–Kier alpha value is -2.41. The molecule has 0 atom stereocenters. The number of nitrogen functional groups attached to an aromatic ring is 1. The normalized spacial score (nSPS) is 10.2. The van der Waals surface area contributed by atoms with Crippen LogP contribution in [0.2, 0.25) is 0 Å². The third-order valence-electron chi connectivity index (χ3n) is 2.22. The number of nitrogens with zero attached hydrogens (tertiary/aromatic N) is 2. The van der Waals surface area contributed by atoms with Crippen molar-refractivity contribution in [2.45, 2.75) is 6.54 Å². The molecule has 2 aromatic heterocycles. The van der Waals surface area contributed by atoms with Crippen molar-refractivity contribution in [2.24, 2.45) is 5.84 Å². The average molecular weight is 234 g/mol. The lowest BCUT2D eigenvalue weighted by Crippen LogP contribution is -2.31. The highest BCUT2D eigenvalue weighted by atomic mass is 16.3. The van der Waals surface area contributed by atoms with Crippen LogP contribution < -0.4 is 16.8 Å². The topological polar surface area (TPSA) is 103 Å². The maximum atomic E-state index is 11.5. The van der Waals surface area contributed by atoms with Crippen LogP contribution >= 0.6 is 0 Å². The van der Waals surface area contributed by atoms with Crippen molar-refractivity contribution in [2.75, 3.05) is 0 Å². The zero-order chi connectivity index (χ0) is 12.3. The minimum Gasteiger partial charge on any atom is -0.459 e. The van der Waals surface area contributed by atoms with E-state index in [-0.39, 0.29) is 17.9 Å². The van der Waals surface area contributed by atoms with Crippen LogP contribution in [0.1, 0.15) is 16.1 Å². The van der Waals surface area contributed by atoms with Gasteiger partial charge >= 0.3 is 5.91 Å². The molecule has 17 heavy (non-hydrogen) atoms. The van der Waals surface area contributed by atoms with Gasteiger partial charge in [0.1, 0.15) is 0 Å². The highest BCUT2D eigenvalue weighted by molar-refractivity contribution is 5.92. The molecular weight excluding hydrogens is 224 g/mol. The zero-order valence-electron chi connectivity index (χ0n) is 8.79. The van der Waals surface area contributed by atoms with E-state index in [1.807, 2.05) is 5.43 Å². The first-order valence-electron chi connectivity index (χ1n) is 4.80. The van der Waals surface area contributed by atoms with E-state index in [1.54, 1.807) is 6.07 Å². The Morgan fingerprint density at radius 2 is 2.35 bits per heavy atom. The van der Waals surface area contributed by atoms with E-state index in [1.165, 1.54) is 29.4 Å². The van der Waals surface area contributed by atoms with Crippen LogP contribution in [0.15, 0.2) is 40.1 Å². The van der Waals surface area contributed by atoms with Gasteiger partial charge in [0.05, 0.1) is 19.1 Å². The predicted molar refractivity (Wildman–Crippen MR) is 58.0 cm³/mol. The van der Waals surface area contributed by atoms with E-state index in [2.05, 4.69) is 4.98 Å². The fraction of sp³-hybridized carbons (Fsp3) is 0.100. The lowest BCUT2D eigenvalue weighted by Gasteiger charge is -2.03. The SMILES string of the molecule is NNC(=O)c1occc1Cn1cnccc1=O. The van der Waals surface area contributed by atoms with E-state index < -0.39 is 5.91 Å². The molecule has 88 valence electrons. The van der Waals surface area contributed by atoms with E-state index in [9.17, 15) is 9.59 Å². The minimum absolute atomic E-state index is 0.0863. The summed E-state index contributed by atoms with van der Waals surface area (Å²) < 4.78 is 6.36. The summed E-state index contributed by atoms with van der Waals surface area (Å²) in [5, 5.41) is 0. The van der Waals surface area contributed by atoms with Crippen LogP contribution in [0.25, 0.3) is 0 Å². The van der Waals surface area contributed by atoms with Crippen LogP contribution in [-0.4, -0.2) is 15.5 Å². The Balaban J connectivity index is 2.31. The number of aromatic nitrogens is 2. The summed E-state index contributed by atoms with van der Waals surface area (Å²) in [5.41, 5.74) is 2.32. The maximum Gasteiger partial charge on any atom is 0.301 e. The summed E-state index contributed by atoms with van der Waals surface area (Å²) in [7, 11) is 0. The Labute approximate surface area is 95.8 Å². The molecule has 0 saturated heterocycles. The van der Waals surface area contributed by atoms with Crippen molar-refractivity contribution in [3.8, 4) is 0 Å². The summed E-state index contributed by atoms with van der Waals surface area (Å²) in [6, 6.07) is 2.94. The molecule has 0 bridgehead atoms. The third kappa shape index (κ3) is 2.23. The molecule has 0 radical (unpaired) electrons. The van der Waals surface area contributed by atoms with Crippen molar-refractivity contribution >= 4 is 5.91 Å². The summed E-state index contributed by atoms with van der Waals surface area (Å²) in [5.74, 6) is 4.56. The Kier molecular flexibility index (Phi) is 3.01. The molecule has 1 amide bonds. The molecule has 7 nitrogen and oxygen atoms in total. The minimum atomic E-state index is -0.540. The van der Waals surface area contributed by atoms with E-state index in [0.29, 0.717) is 5.56 Å². The van der Waals surface area contributed by atoms with Crippen molar-refractivity contribution in [1.82, 2.24) is 15.0 Å². The van der Waals surface area contributed by atoms with Crippen molar-refractivity contribution in [3.05, 3.63) is 52.6 Å². The van der Waals surface area contributed by atoms with Crippen LogP contribution in [0, 0.1) is 0 Å². The fourth-order valence-electron chi connectivity index (χ4n) is 1.41. The smallest absolute Gasteiger partial charge is 0.301 e. The molecule has 0 aliphatic rings. The number of amides is 1. The Morgan fingerprint density at radius 3 is 3.06 bits per heavy atom. The van der Waals surface area contributed by atoms with Crippen molar-refractivity contribution in [3.63, 3.8) is 0 Å². The molecule has 0 spiro atoms. The number of hydrogen-bond donors (Lipinski definition) is 2. The van der Waals surface area contributed by atoms with Gasteiger partial charge in [-0.2, -0.15) is 0 Å².